The summed E-state index contributed by atoms with van der Waals surface area (Å²) in [5.41, 5.74) is 49.0. The first kappa shape index (κ1) is 66.8. The maximum absolute atomic E-state index is 14.3. The molecule has 9 amide bonds. The topological polar surface area (TPSA) is 574 Å². The molecule has 0 spiro atoms. The second-order valence-electron chi connectivity index (χ2n) is 17.9. The Hall–Kier alpha value is -8.26. The summed E-state index contributed by atoms with van der Waals surface area (Å²) in [6.07, 6.45) is 2.20. The third-order valence-corrected chi connectivity index (χ3v) is 11.4. The quantitative estimate of drug-likeness (QED) is 0.0156. The molecule has 0 aliphatic carbocycles. The number of carboxylic acid groups (broad SMARTS) is 1. The van der Waals surface area contributed by atoms with Crippen molar-refractivity contribution in [3.8, 4) is 0 Å². The lowest BCUT2D eigenvalue weighted by Crippen LogP contribution is -2.58. The Balaban J connectivity index is 3.28. The van der Waals surface area contributed by atoms with E-state index in [-0.39, 0.29) is 121 Å². The number of nitrogens with two attached hydrogens (primary N) is 9. The highest BCUT2D eigenvalue weighted by Crippen LogP contribution is 2.21. The van der Waals surface area contributed by atoms with Crippen molar-refractivity contribution in [1.29, 1.82) is 0 Å². The van der Waals surface area contributed by atoms with E-state index in [0.717, 1.165) is 0 Å². The van der Waals surface area contributed by atoms with Crippen LogP contribution in [0.5, 0.6) is 0 Å². The number of hydrogen-bond acceptors (Lipinski definition) is 15. The molecule has 0 radical (unpaired) electrons. The fourth-order valence-corrected chi connectivity index (χ4v) is 7.61. The first-order chi connectivity index (χ1) is 36.4. The van der Waals surface area contributed by atoms with E-state index in [1.54, 1.807) is 0 Å². The SMILES string of the molecule is CC(=O)N[C@@H](C)C(=O)N[C@@H](CCCN=C(N)N)C(=O)NCC(=O)N[C@@H](CCCN=C(N)N)C(=O)NCC(=O)N[C@@H](CCCN=C(N)N)C(=O)N1CCC[C@H]1C(=O)N[C@@H](CCCN=C(N)N)C(=O)N[C@@H](CCCCN)C(=O)O. The van der Waals surface area contributed by atoms with Crippen molar-refractivity contribution in [2.45, 2.75) is 140 Å². The Labute approximate surface area is 446 Å². The minimum atomic E-state index is -1.32. The number of likely N-dealkylation sites (tertiary alicyclic amines) is 1. The Kier molecular flexibility index (Phi) is 31.8. The standard InChI is InChI=1S/C44H82N22O11/c1-24(60-25(2)67)34(70)63-27(12-6-18-55-42(48)49)36(72)59-22-32(68)61-26(11-5-17-54-41(46)47)35(71)58-23-33(69)62-29(14-8-20-57-44(52)53)39(75)66-21-9-15-31(66)38(74)64-28(13-7-19-56-43(50)51)37(73)65-30(40(76)77)10-3-4-16-45/h24,26-31H,3-23,45H2,1-2H3,(H,58,71)(H,59,72)(H,60,67)(H,61,68)(H,62,69)(H,63,70)(H,64,74)(H,65,73)(H,76,77)(H4,46,47,54)(H4,48,49,55)(H4,50,51,56)(H4,52,53,57)/t24-,26-,27-,28-,29-,30-,31-/m0/s1. The van der Waals surface area contributed by atoms with E-state index in [1.165, 1.54) is 18.7 Å². The van der Waals surface area contributed by atoms with Crippen LogP contribution in [0.25, 0.3) is 0 Å². The number of carboxylic acids is 1. The number of guanidine groups is 4. The number of rotatable bonds is 37. The van der Waals surface area contributed by atoms with Crippen LogP contribution < -0.4 is 94.1 Å². The van der Waals surface area contributed by atoms with E-state index in [0.29, 0.717) is 25.8 Å². The lowest BCUT2D eigenvalue weighted by Gasteiger charge is -2.30. The van der Waals surface area contributed by atoms with Crippen LogP contribution in [-0.2, 0) is 47.9 Å². The van der Waals surface area contributed by atoms with Crippen LogP contribution in [0.1, 0.15) is 97.3 Å². The summed E-state index contributed by atoms with van der Waals surface area (Å²) in [4.78, 5) is 149. The van der Waals surface area contributed by atoms with Gasteiger partial charge in [0.2, 0.25) is 53.2 Å². The van der Waals surface area contributed by atoms with Gasteiger partial charge in [-0.1, -0.05) is 0 Å². The summed E-state index contributed by atoms with van der Waals surface area (Å²) < 4.78 is 0. The number of carbonyl (C=O) groups excluding carboxylic acids is 9. The van der Waals surface area contributed by atoms with E-state index in [9.17, 15) is 53.1 Å². The zero-order valence-corrected chi connectivity index (χ0v) is 43.9. The molecule has 1 fully saturated rings. The van der Waals surface area contributed by atoms with Gasteiger partial charge in [0.25, 0.3) is 0 Å². The highest BCUT2D eigenvalue weighted by molar-refractivity contribution is 5.97. The summed E-state index contributed by atoms with van der Waals surface area (Å²) in [6.45, 7) is 1.91. The molecular formula is C44H82N22O11. The summed E-state index contributed by atoms with van der Waals surface area (Å²) in [6, 6.07) is -8.49. The lowest BCUT2D eigenvalue weighted by atomic mass is 10.1. The van der Waals surface area contributed by atoms with Crippen LogP contribution >= 0.6 is 0 Å². The second kappa shape index (κ2) is 36.6. The lowest BCUT2D eigenvalue weighted by molar-refractivity contribution is -0.143. The van der Waals surface area contributed by atoms with Gasteiger partial charge < -0.3 is 104 Å². The molecule has 1 saturated heterocycles. The van der Waals surface area contributed by atoms with Gasteiger partial charge in [0, 0.05) is 39.6 Å². The average Bonchev–Trinajstić information content (AvgIpc) is 3.85. The summed E-state index contributed by atoms with van der Waals surface area (Å²) in [5.74, 6) is -8.84. The van der Waals surface area contributed by atoms with Gasteiger partial charge in [0.15, 0.2) is 23.8 Å². The zero-order chi connectivity index (χ0) is 58.0. The number of hydrogen-bond donors (Lipinski definition) is 18. The zero-order valence-electron chi connectivity index (χ0n) is 43.9. The van der Waals surface area contributed by atoms with Gasteiger partial charge in [-0.3, -0.25) is 63.1 Å². The Morgan fingerprint density at radius 3 is 1.35 bits per heavy atom. The van der Waals surface area contributed by atoms with Crippen LogP contribution in [0, 0.1) is 0 Å². The average molecular weight is 1100 g/mol. The molecule has 0 aromatic carbocycles. The molecule has 434 valence electrons. The van der Waals surface area contributed by atoms with Gasteiger partial charge in [0.1, 0.15) is 42.3 Å². The molecule has 0 aromatic heterocycles. The van der Waals surface area contributed by atoms with Crippen molar-refractivity contribution in [3.05, 3.63) is 0 Å². The van der Waals surface area contributed by atoms with Crippen LogP contribution in [0.4, 0.5) is 0 Å². The van der Waals surface area contributed by atoms with Crippen molar-refractivity contribution in [2.75, 3.05) is 52.4 Å². The van der Waals surface area contributed by atoms with E-state index in [1.807, 2.05) is 0 Å². The predicted octanol–water partition coefficient (Wildman–Crippen LogP) is -8.41. The Morgan fingerprint density at radius 2 is 0.922 bits per heavy atom. The van der Waals surface area contributed by atoms with Gasteiger partial charge in [-0.25, -0.2) is 4.79 Å². The molecule has 0 bridgehead atoms. The molecule has 77 heavy (non-hydrogen) atoms. The normalized spacial score (nSPS) is 14.9. The molecule has 1 rings (SSSR count). The smallest absolute Gasteiger partial charge is 0.326 e. The maximum Gasteiger partial charge on any atom is 0.326 e. The predicted molar refractivity (Wildman–Crippen MR) is 284 cm³/mol. The molecule has 27 N–H and O–H groups in total. The van der Waals surface area contributed by atoms with Crippen molar-refractivity contribution < 1.29 is 53.1 Å². The number of amides is 9. The molecular weight excluding hydrogens is 1010 g/mol. The monoisotopic (exact) mass is 1090 g/mol. The van der Waals surface area contributed by atoms with Crippen LogP contribution in [-0.4, -0.2) is 188 Å². The molecule has 1 aliphatic heterocycles. The van der Waals surface area contributed by atoms with E-state index in [2.05, 4.69) is 62.5 Å². The van der Waals surface area contributed by atoms with Gasteiger partial charge >= 0.3 is 5.97 Å². The van der Waals surface area contributed by atoms with Crippen LogP contribution in [0.2, 0.25) is 0 Å². The number of unbranched alkanes of at least 4 members (excludes halogenated alkanes) is 1. The third kappa shape index (κ3) is 28.8. The second-order valence-corrected chi connectivity index (χ2v) is 17.9. The number of aliphatic imine (C=N–C) groups is 4. The number of carbonyl (C=O) groups is 10. The van der Waals surface area contributed by atoms with Crippen LogP contribution in [0.15, 0.2) is 20.0 Å². The molecule has 33 nitrogen and oxygen atoms in total. The van der Waals surface area contributed by atoms with Gasteiger partial charge in [-0.05, 0) is 96.9 Å². The first-order valence-corrected chi connectivity index (χ1v) is 25.1. The van der Waals surface area contributed by atoms with Crippen molar-refractivity contribution >= 4 is 83.0 Å². The molecule has 7 atom stereocenters. The molecule has 0 saturated carbocycles. The third-order valence-electron chi connectivity index (χ3n) is 11.4. The summed E-state index contributed by atoms with van der Waals surface area (Å²) in [7, 11) is 0. The summed E-state index contributed by atoms with van der Waals surface area (Å²) in [5, 5.41) is 29.8. The Morgan fingerprint density at radius 1 is 0.519 bits per heavy atom. The first-order valence-electron chi connectivity index (χ1n) is 25.1. The Bertz CT molecular complexity index is 2110. The number of nitrogens with one attached hydrogen (secondary N) is 8. The number of nitrogens with zero attached hydrogens (tertiary/aromatic N) is 5. The van der Waals surface area contributed by atoms with Crippen LogP contribution in [0.3, 0.4) is 0 Å². The summed E-state index contributed by atoms with van der Waals surface area (Å²) >= 11 is 0. The van der Waals surface area contributed by atoms with Crippen molar-refractivity contribution in [1.82, 2.24) is 47.4 Å². The highest BCUT2D eigenvalue weighted by atomic mass is 16.4. The van der Waals surface area contributed by atoms with Crippen molar-refractivity contribution in [3.63, 3.8) is 0 Å². The molecule has 0 aromatic rings. The van der Waals surface area contributed by atoms with Gasteiger partial charge in [0.05, 0.1) is 13.1 Å². The van der Waals surface area contributed by atoms with Crippen molar-refractivity contribution in [2.24, 2.45) is 71.6 Å². The van der Waals surface area contributed by atoms with Gasteiger partial charge in [-0.15, -0.1) is 0 Å². The van der Waals surface area contributed by atoms with E-state index < -0.39 is 115 Å². The fourth-order valence-electron chi connectivity index (χ4n) is 7.61. The molecule has 1 heterocycles. The minimum Gasteiger partial charge on any atom is -0.480 e. The maximum atomic E-state index is 14.3. The van der Waals surface area contributed by atoms with E-state index >= 15 is 0 Å². The fraction of sp³-hybridized carbons (Fsp3) is 0.682. The van der Waals surface area contributed by atoms with Gasteiger partial charge in [-0.2, -0.15) is 0 Å². The van der Waals surface area contributed by atoms with E-state index in [4.69, 9.17) is 51.6 Å². The molecule has 33 heteroatoms. The highest BCUT2D eigenvalue weighted by Gasteiger charge is 2.39. The molecule has 0 unspecified atom stereocenters. The number of aliphatic carboxylic acids is 1. The largest absolute Gasteiger partial charge is 0.480 e. The molecule has 1 aliphatic rings. The minimum absolute atomic E-state index is 0.00977.